The molecule has 15 heavy (non-hydrogen) atoms. The Kier molecular flexibility index (Phi) is 2.99. The smallest absolute Gasteiger partial charge is 0.0733 e. The van der Waals surface area contributed by atoms with Crippen molar-refractivity contribution in [1.82, 2.24) is 5.32 Å². The summed E-state index contributed by atoms with van der Waals surface area (Å²) in [5.41, 5.74) is -0.203. The third-order valence-electron chi connectivity index (χ3n) is 3.57. The first kappa shape index (κ1) is 10.9. The van der Waals surface area contributed by atoms with Crippen LogP contribution in [-0.4, -0.2) is 24.8 Å². The molecule has 84 valence electrons. The fourth-order valence-corrected chi connectivity index (χ4v) is 2.48. The second-order valence-electron chi connectivity index (χ2n) is 5.42. The lowest BCUT2D eigenvalue weighted by Gasteiger charge is -2.22. The zero-order valence-corrected chi connectivity index (χ0v) is 9.62. The van der Waals surface area contributed by atoms with E-state index in [1.165, 1.54) is 12.8 Å². The highest BCUT2D eigenvalue weighted by atomic mass is 16.5. The molecule has 1 N–H and O–H groups in total. The van der Waals surface area contributed by atoms with Gasteiger partial charge in [-0.15, -0.1) is 0 Å². The highest BCUT2D eigenvalue weighted by Gasteiger charge is 2.40. The molecular weight excluding hydrogens is 188 g/mol. The van der Waals surface area contributed by atoms with E-state index in [1.54, 1.807) is 0 Å². The number of nitriles is 1. The molecular formula is C12H20N2O. The summed E-state index contributed by atoms with van der Waals surface area (Å²) < 4.78 is 5.77. The van der Waals surface area contributed by atoms with Crippen LogP contribution in [0.3, 0.4) is 0 Å². The van der Waals surface area contributed by atoms with Crippen LogP contribution in [0.5, 0.6) is 0 Å². The summed E-state index contributed by atoms with van der Waals surface area (Å²) in [6.07, 6.45) is 5.49. The summed E-state index contributed by atoms with van der Waals surface area (Å²) in [7, 11) is 0. The van der Waals surface area contributed by atoms with Crippen molar-refractivity contribution in [2.45, 2.75) is 57.8 Å². The fraction of sp³-hybridized carbons (Fsp3) is 0.917. The molecule has 2 bridgehead atoms. The van der Waals surface area contributed by atoms with Crippen LogP contribution >= 0.6 is 0 Å². The first-order chi connectivity index (χ1) is 7.11. The van der Waals surface area contributed by atoms with Gasteiger partial charge in [0.15, 0.2) is 0 Å². The maximum atomic E-state index is 8.89. The Morgan fingerprint density at radius 1 is 1.47 bits per heavy atom. The average Bonchev–Trinajstić information content (AvgIpc) is 2.79. The number of nitrogens with zero attached hydrogens (tertiary/aromatic N) is 1. The van der Waals surface area contributed by atoms with Crippen molar-refractivity contribution in [3.8, 4) is 6.07 Å². The van der Waals surface area contributed by atoms with Crippen molar-refractivity contribution in [3.63, 3.8) is 0 Å². The van der Waals surface area contributed by atoms with Crippen molar-refractivity contribution in [2.24, 2.45) is 5.41 Å². The fourth-order valence-electron chi connectivity index (χ4n) is 2.48. The average molecular weight is 208 g/mol. The van der Waals surface area contributed by atoms with Crippen LogP contribution in [0.15, 0.2) is 0 Å². The van der Waals surface area contributed by atoms with E-state index in [9.17, 15) is 0 Å². The molecule has 2 heterocycles. The van der Waals surface area contributed by atoms with E-state index in [-0.39, 0.29) is 5.41 Å². The van der Waals surface area contributed by atoms with Gasteiger partial charge in [-0.3, -0.25) is 0 Å². The van der Waals surface area contributed by atoms with Crippen molar-refractivity contribution in [1.29, 1.82) is 5.26 Å². The van der Waals surface area contributed by atoms with Crippen LogP contribution in [0, 0.1) is 16.7 Å². The lowest BCUT2D eigenvalue weighted by molar-refractivity contribution is 0.0972. The van der Waals surface area contributed by atoms with Gasteiger partial charge in [0.1, 0.15) is 0 Å². The molecule has 2 saturated heterocycles. The van der Waals surface area contributed by atoms with Crippen LogP contribution < -0.4 is 5.32 Å². The Hall–Kier alpha value is -0.590. The molecule has 3 heteroatoms. The van der Waals surface area contributed by atoms with Crippen molar-refractivity contribution < 1.29 is 4.74 Å². The van der Waals surface area contributed by atoms with Gasteiger partial charge in [-0.1, -0.05) is 0 Å². The Bertz CT molecular complexity index is 269. The molecule has 2 aliphatic rings. The molecule has 0 spiro atoms. The number of fused-ring (bicyclic) bond motifs is 2. The number of hydrogen-bond donors (Lipinski definition) is 1. The minimum atomic E-state index is -0.203. The largest absolute Gasteiger partial charge is 0.373 e. The summed E-state index contributed by atoms with van der Waals surface area (Å²) >= 11 is 0. The Labute approximate surface area is 91.8 Å². The lowest BCUT2D eigenvalue weighted by atomic mass is 9.90. The van der Waals surface area contributed by atoms with E-state index >= 15 is 0 Å². The summed E-state index contributed by atoms with van der Waals surface area (Å²) in [5, 5.41) is 12.4. The maximum Gasteiger partial charge on any atom is 0.0733 e. The normalized spacial score (nSPS) is 34.3. The van der Waals surface area contributed by atoms with Crippen LogP contribution in [-0.2, 0) is 4.74 Å². The van der Waals surface area contributed by atoms with Gasteiger partial charge >= 0.3 is 0 Å². The summed E-state index contributed by atoms with van der Waals surface area (Å²) in [6.45, 7) is 4.91. The lowest BCUT2D eigenvalue weighted by Crippen LogP contribution is -2.39. The van der Waals surface area contributed by atoms with E-state index in [4.69, 9.17) is 10.00 Å². The van der Waals surface area contributed by atoms with Gasteiger partial charge in [-0.25, -0.2) is 0 Å². The molecule has 2 fully saturated rings. The van der Waals surface area contributed by atoms with Crippen LogP contribution in [0.2, 0.25) is 0 Å². The predicted octanol–water partition coefficient (Wildman–Crippen LogP) is 1.84. The van der Waals surface area contributed by atoms with E-state index < -0.39 is 0 Å². The first-order valence-electron chi connectivity index (χ1n) is 5.91. The second kappa shape index (κ2) is 4.11. The third kappa shape index (κ3) is 2.50. The van der Waals surface area contributed by atoms with Crippen molar-refractivity contribution in [3.05, 3.63) is 0 Å². The zero-order valence-electron chi connectivity index (χ0n) is 9.62. The number of ether oxygens (including phenoxy) is 1. The number of rotatable bonds is 4. The molecule has 0 aromatic carbocycles. The van der Waals surface area contributed by atoms with E-state index in [0.717, 1.165) is 19.4 Å². The molecule has 0 amide bonds. The van der Waals surface area contributed by atoms with Gasteiger partial charge in [-0.05, 0) is 46.1 Å². The Morgan fingerprint density at radius 3 is 2.80 bits per heavy atom. The Morgan fingerprint density at radius 2 is 2.27 bits per heavy atom. The summed E-state index contributed by atoms with van der Waals surface area (Å²) in [6, 6.07) is 2.87. The van der Waals surface area contributed by atoms with Crippen molar-refractivity contribution >= 4 is 0 Å². The minimum Gasteiger partial charge on any atom is -0.373 e. The molecule has 0 aromatic rings. The monoisotopic (exact) mass is 208 g/mol. The molecule has 2 aliphatic heterocycles. The van der Waals surface area contributed by atoms with Gasteiger partial charge in [0, 0.05) is 6.04 Å². The predicted molar refractivity (Wildman–Crippen MR) is 58.3 cm³/mol. The van der Waals surface area contributed by atoms with Gasteiger partial charge in [0.25, 0.3) is 0 Å². The summed E-state index contributed by atoms with van der Waals surface area (Å²) in [4.78, 5) is 0. The highest BCUT2D eigenvalue weighted by Crippen LogP contribution is 2.34. The molecule has 0 radical (unpaired) electrons. The molecule has 0 aromatic heterocycles. The second-order valence-corrected chi connectivity index (χ2v) is 5.42. The standard InChI is InChI=1S/C12H20N2O/c1-12(2,8-13)5-6-14-10-7-9-3-4-11(10)15-9/h9-11,14H,3-7H2,1-2H3. The maximum absolute atomic E-state index is 8.89. The van der Waals surface area contributed by atoms with Crippen LogP contribution in [0.4, 0.5) is 0 Å². The molecule has 3 nitrogen and oxygen atoms in total. The number of nitrogens with one attached hydrogen (secondary N) is 1. The molecule has 3 atom stereocenters. The number of hydrogen-bond acceptors (Lipinski definition) is 3. The quantitative estimate of drug-likeness (QED) is 0.766. The van der Waals surface area contributed by atoms with Gasteiger partial charge < -0.3 is 10.1 Å². The van der Waals surface area contributed by atoms with E-state index in [0.29, 0.717) is 18.2 Å². The highest BCUT2D eigenvalue weighted by molar-refractivity contribution is 4.96. The van der Waals surface area contributed by atoms with E-state index in [1.807, 2.05) is 13.8 Å². The third-order valence-corrected chi connectivity index (χ3v) is 3.57. The van der Waals surface area contributed by atoms with E-state index in [2.05, 4.69) is 11.4 Å². The molecule has 3 unspecified atom stereocenters. The van der Waals surface area contributed by atoms with Crippen molar-refractivity contribution in [2.75, 3.05) is 6.54 Å². The molecule has 0 saturated carbocycles. The summed E-state index contributed by atoms with van der Waals surface area (Å²) in [5.74, 6) is 0. The molecule has 0 aliphatic carbocycles. The van der Waals surface area contributed by atoms with Gasteiger partial charge in [-0.2, -0.15) is 5.26 Å². The van der Waals surface area contributed by atoms with Gasteiger partial charge in [0.2, 0.25) is 0 Å². The Balaban J connectivity index is 1.69. The van der Waals surface area contributed by atoms with Crippen LogP contribution in [0.1, 0.15) is 39.5 Å². The topological polar surface area (TPSA) is 45.0 Å². The molecule has 2 rings (SSSR count). The zero-order chi connectivity index (χ0) is 10.9. The first-order valence-corrected chi connectivity index (χ1v) is 5.91. The SMILES string of the molecule is CC(C)(C#N)CCNC1CC2CCC1O2. The minimum absolute atomic E-state index is 0.203. The van der Waals surface area contributed by atoms with Gasteiger partial charge in [0.05, 0.1) is 23.7 Å². The van der Waals surface area contributed by atoms with Crippen LogP contribution in [0.25, 0.3) is 0 Å².